The van der Waals surface area contributed by atoms with Gasteiger partial charge < -0.3 is 19.5 Å². The second-order valence-corrected chi connectivity index (χ2v) is 7.76. The van der Waals surface area contributed by atoms with Gasteiger partial charge in [0.1, 0.15) is 5.75 Å². The molecule has 0 spiro atoms. The second-order valence-electron chi connectivity index (χ2n) is 7.76. The molecule has 162 valence electrons. The quantitative estimate of drug-likeness (QED) is 0.512. The average molecular weight is 411 g/mol. The van der Waals surface area contributed by atoms with Crippen molar-refractivity contribution in [3.63, 3.8) is 0 Å². The van der Waals surface area contributed by atoms with Crippen LogP contribution in [0.2, 0.25) is 0 Å². The first-order valence-corrected chi connectivity index (χ1v) is 10.5. The van der Waals surface area contributed by atoms with Gasteiger partial charge in [0.05, 0.1) is 32.8 Å². The van der Waals surface area contributed by atoms with Crippen LogP contribution >= 0.6 is 0 Å². The van der Waals surface area contributed by atoms with Gasteiger partial charge in [-0.3, -0.25) is 0 Å². The molecule has 0 aliphatic rings. The number of nitrogens with zero attached hydrogens (tertiary/aromatic N) is 1. The van der Waals surface area contributed by atoms with Crippen LogP contribution in [0, 0.1) is 17.2 Å². The lowest BCUT2D eigenvalue weighted by Gasteiger charge is -2.31. The van der Waals surface area contributed by atoms with Crippen LogP contribution in [0.15, 0.2) is 42.5 Å². The van der Waals surface area contributed by atoms with Gasteiger partial charge >= 0.3 is 0 Å². The number of methoxy groups -OCH3 is 3. The van der Waals surface area contributed by atoms with Crippen molar-refractivity contribution >= 4 is 0 Å². The number of nitriles is 1. The van der Waals surface area contributed by atoms with Gasteiger partial charge in [0.2, 0.25) is 0 Å². The third-order valence-electron chi connectivity index (χ3n) is 5.75. The predicted molar refractivity (Wildman–Crippen MR) is 120 cm³/mol. The zero-order chi connectivity index (χ0) is 22.0. The molecule has 0 saturated heterocycles. The molecular weight excluding hydrogens is 376 g/mol. The highest BCUT2D eigenvalue weighted by molar-refractivity contribution is 5.43. The maximum atomic E-state index is 10.0. The van der Waals surface area contributed by atoms with Crippen LogP contribution in [0.3, 0.4) is 0 Å². The summed E-state index contributed by atoms with van der Waals surface area (Å²) in [6.45, 7) is 5.99. The molecule has 2 aromatic carbocycles. The van der Waals surface area contributed by atoms with Crippen molar-refractivity contribution in [2.24, 2.45) is 5.92 Å². The van der Waals surface area contributed by atoms with Crippen molar-refractivity contribution in [1.82, 2.24) is 5.32 Å². The first kappa shape index (κ1) is 23.6. The standard InChI is InChI=1S/C25H34N2O3/c1-19(2)25(18-26,21-8-10-22(28-3)11-9-21)14-6-15-27-16-13-20-7-12-23(29-4)24(17-20)30-5/h7-12,17,19,27H,6,13-16H2,1-5H3. The summed E-state index contributed by atoms with van der Waals surface area (Å²) < 4.78 is 15.9. The number of ether oxygens (including phenoxy) is 3. The molecule has 2 aromatic rings. The van der Waals surface area contributed by atoms with Gasteiger partial charge in [-0.25, -0.2) is 0 Å². The van der Waals surface area contributed by atoms with Crippen molar-refractivity contribution in [2.75, 3.05) is 34.4 Å². The number of benzene rings is 2. The fourth-order valence-electron chi connectivity index (χ4n) is 3.79. The summed E-state index contributed by atoms with van der Waals surface area (Å²) in [5.41, 5.74) is 1.77. The molecule has 0 bridgehead atoms. The Balaban J connectivity index is 1.88. The first-order valence-electron chi connectivity index (χ1n) is 10.5. The molecule has 0 amide bonds. The molecule has 30 heavy (non-hydrogen) atoms. The fraction of sp³-hybridized carbons (Fsp3) is 0.480. The van der Waals surface area contributed by atoms with Crippen molar-refractivity contribution in [3.8, 4) is 23.3 Å². The van der Waals surface area contributed by atoms with Crippen LogP contribution in [-0.4, -0.2) is 34.4 Å². The van der Waals surface area contributed by atoms with Gasteiger partial charge in [-0.15, -0.1) is 0 Å². The lowest BCUT2D eigenvalue weighted by Crippen LogP contribution is -2.32. The molecule has 0 radical (unpaired) electrons. The van der Waals surface area contributed by atoms with Crippen LogP contribution in [0.1, 0.15) is 37.8 Å². The van der Waals surface area contributed by atoms with E-state index in [0.717, 1.165) is 55.2 Å². The van der Waals surface area contributed by atoms with E-state index in [4.69, 9.17) is 14.2 Å². The van der Waals surface area contributed by atoms with Crippen LogP contribution < -0.4 is 19.5 Å². The first-order chi connectivity index (χ1) is 14.5. The van der Waals surface area contributed by atoms with E-state index in [1.54, 1.807) is 21.3 Å². The SMILES string of the molecule is COc1ccc(C(C#N)(CCCNCCc2ccc(OC)c(OC)c2)C(C)C)cc1. The number of rotatable bonds is 12. The lowest BCUT2D eigenvalue weighted by molar-refractivity contribution is 0.354. The normalized spacial score (nSPS) is 12.8. The van der Waals surface area contributed by atoms with Gasteiger partial charge in [0.15, 0.2) is 11.5 Å². The predicted octanol–water partition coefficient (Wildman–Crippen LogP) is 4.74. The summed E-state index contributed by atoms with van der Waals surface area (Å²) in [7, 11) is 4.95. The molecule has 5 nitrogen and oxygen atoms in total. The highest BCUT2D eigenvalue weighted by Gasteiger charge is 2.35. The highest BCUT2D eigenvalue weighted by Crippen LogP contribution is 2.37. The van der Waals surface area contributed by atoms with Crippen LogP contribution in [0.4, 0.5) is 0 Å². The molecule has 2 rings (SSSR count). The smallest absolute Gasteiger partial charge is 0.160 e. The zero-order valence-electron chi connectivity index (χ0n) is 18.8. The Morgan fingerprint density at radius 2 is 1.63 bits per heavy atom. The van der Waals surface area contributed by atoms with Crippen molar-refractivity contribution in [2.45, 2.75) is 38.5 Å². The third-order valence-corrected chi connectivity index (χ3v) is 5.75. The van der Waals surface area contributed by atoms with Gasteiger partial charge in [-0.2, -0.15) is 5.26 Å². The lowest BCUT2D eigenvalue weighted by atomic mass is 9.70. The Kier molecular flexibility index (Phi) is 9.01. The molecule has 5 heteroatoms. The fourth-order valence-corrected chi connectivity index (χ4v) is 3.79. The molecule has 1 unspecified atom stereocenters. The van der Waals surface area contributed by atoms with Gasteiger partial charge in [0.25, 0.3) is 0 Å². The van der Waals surface area contributed by atoms with Crippen LogP contribution in [0.5, 0.6) is 17.2 Å². The van der Waals surface area contributed by atoms with Crippen molar-refractivity contribution < 1.29 is 14.2 Å². The molecule has 1 atom stereocenters. The second kappa shape index (κ2) is 11.5. The summed E-state index contributed by atoms with van der Waals surface area (Å²) in [6, 6.07) is 16.5. The van der Waals surface area contributed by atoms with E-state index in [-0.39, 0.29) is 5.92 Å². The average Bonchev–Trinajstić information content (AvgIpc) is 2.78. The molecule has 0 heterocycles. The summed E-state index contributed by atoms with van der Waals surface area (Å²) in [4.78, 5) is 0. The molecule has 0 fully saturated rings. The molecule has 0 aromatic heterocycles. The van der Waals surface area contributed by atoms with Gasteiger partial charge in [-0.1, -0.05) is 32.0 Å². The summed E-state index contributed by atoms with van der Waals surface area (Å²) in [6.07, 6.45) is 2.66. The number of hydrogen-bond acceptors (Lipinski definition) is 5. The zero-order valence-corrected chi connectivity index (χ0v) is 18.8. The molecule has 0 aliphatic carbocycles. The van der Waals surface area contributed by atoms with E-state index in [9.17, 15) is 5.26 Å². The summed E-state index contributed by atoms with van der Waals surface area (Å²) in [5, 5.41) is 13.6. The monoisotopic (exact) mass is 410 g/mol. The van der Waals surface area contributed by atoms with E-state index in [1.807, 2.05) is 36.4 Å². The van der Waals surface area contributed by atoms with Crippen molar-refractivity contribution in [1.29, 1.82) is 5.26 Å². The molecule has 0 saturated carbocycles. The van der Waals surface area contributed by atoms with Gasteiger partial charge in [0, 0.05) is 0 Å². The molecule has 1 N–H and O–H groups in total. The maximum absolute atomic E-state index is 10.0. The topological polar surface area (TPSA) is 63.5 Å². The highest BCUT2D eigenvalue weighted by atomic mass is 16.5. The van der Waals surface area contributed by atoms with Crippen molar-refractivity contribution in [3.05, 3.63) is 53.6 Å². The maximum Gasteiger partial charge on any atom is 0.160 e. The molecule has 0 aliphatic heterocycles. The van der Waals surface area contributed by atoms with E-state index < -0.39 is 5.41 Å². The Morgan fingerprint density at radius 3 is 2.20 bits per heavy atom. The van der Waals surface area contributed by atoms with E-state index >= 15 is 0 Å². The van der Waals surface area contributed by atoms with E-state index in [2.05, 4.69) is 31.3 Å². The number of nitrogens with one attached hydrogen (secondary N) is 1. The third kappa shape index (κ3) is 5.67. The Bertz CT molecular complexity index is 827. The minimum Gasteiger partial charge on any atom is -0.497 e. The summed E-state index contributed by atoms with van der Waals surface area (Å²) in [5.74, 6) is 2.54. The minimum atomic E-state index is -0.489. The largest absolute Gasteiger partial charge is 0.497 e. The Morgan fingerprint density at radius 1 is 0.933 bits per heavy atom. The van der Waals surface area contributed by atoms with Gasteiger partial charge in [-0.05, 0) is 73.7 Å². The van der Waals surface area contributed by atoms with E-state index in [0.29, 0.717) is 0 Å². The van der Waals surface area contributed by atoms with E-state index in [1.165, 1.54) is 5.56 Å². The minimum absolute atomic E-state index is 0.225. The van der Waals surface area contributed by atoms with Crippen LogP contribution in [0.25, 0.3) is 0 Å². The Hall–Kier alpha value is -2.71. The van der Waals surface area contributed by atoms with Crippen LogP contribution in [-0.2, 0) is 11.8 Å². The Labute approximate surface area is 181 Å². The number of hydrogen-bond donors (Lipinski definition) is 1. The molecular formula is C25H34N2O3. The summed E-state index contributed by atoms with van der Waals surface area (Å²) >= 11 is 0.